The molecule has 7 heteroatoms. The first-order chi connectivity index (χ1) is 11.9. The maximum absolute atomic E-state index is 13.7. The summed E-state index contributed by atoms with van der Waals surface area (Å²) < 4.78 is 24.2. The van der Waals surface area contributed by atoms with Crippen molar-refractivity contribution < 1.29 is 18.4 Å². The van der Waals surface area contributed by atoms with Gasteiger partial charge >= 0.3 is 0 Å². The molecule has 0 bridgehead atoms. The molecular weight excluding hydrogens is 325 g/mol. The first kappa shape index (κ1) is 17.3. The first-order valence-corrected chi connectivity index (χ1v) is 8.18. The number of ether oxygens (including phenoxy) is 1. The van der Waals surface area contributed by atoms with Crippen LogP contribution < -0.4 is 9.64 Å². The quantitative estimate of drug-likeness (QED) is 0.804. The highest BCUT2D eigenvalue weighted by atomic mass is 19.1. The van der Waals surface area contributed by atoms with Crippen molar-refractivity contribution >= 4 is 11.7 Å². The predicted molar refractivity (Wildman–Crippen MR) is 92.5 cm³/mol. The molecule has 0 aliphatic heterocycles. The Labute approximate surface area is 146 Å². The minimum absolute atomic E-state index is 0.0880. The average molecular weight is 347 g/mol. The highest BCUT2D eigenvalue weighted by Crippen LogP contribution is 2.35. The molecule has 3 rings (SSSR count). The Bertz CT molecular complexity index is 784. The van der Waals surface area contributed by atoms with E-state index in [0.29, 0.717) is 35.2 Å². The van der Waals surface area contributed by atoms with Crippen molar-refractivity contribution in [3.05, 3.63) is 29.6 Å². The number of halogens is 1. The standard InChI is InChI=1S/C18H22FN3O3/c1-21(2)17-15(18(23)22(3)10-11-5-6-11)16(25-20-17)12-7-8-13(19)14(9-12)24-4/h7-9,11H,5-6,10H2,1-4H3. The van der Waals surface area contributed by atoms with E-state index in [0.717, 1.165) is 12.8 Å². The Morgan fingerprint density at radius 3 is 2.68 bits per heavy atom. The third kappa shape index (κ3) is 3.45. The second kappa shape index (κ2) is 6.74. The maximum atomic E-state index is 13.7. The Morgan fingerprint density at radius 1 is 1.36 bits per heavy atom. The number of anilines is 1. The minimum Gasteiger partial charge on any atom is -0.494 e. The van der Waals surface area contributed by atoms with Crippen LogP contribution in [0.5, 0.6) is 5.75 Å². The van der Waals surface area contributed by atoms with Gasteiger partial charge in [0.15, 0.2) is 23.1 Å². The molecular formula is C18H22FN3O3. The van der Waals surface area contributed by atoms with Gasteiger partial charge in [0.1, 0.15) is 5.56 Å². The van der Waals surface area contributed by atoms with Gasteiger partial charge in [-0.2, -0.15) is 0 Å². The van der Waals surface area contributed by atoms with Crippen LogP contribution in [0.3, 0.4) is 0 Å². The molecule has 0 saturated heterocycles. The lowest BCUT2D eigenvalue weighted by atomic mass is 10.1. The van der Waals surface area contributed by atoms with Gasteiger partial charge in [-0.05, 0) is 37.0 Å². The highest BCUT2D eigenvalue weighted by molar-refractivity contribution is 6.04. The summed E-state index contributed by atoms with van der Waals surface area (Å²) in [7, 11) is 6.76. The van der Waals surface area contributed by atoms with Crippen LogP contribution in [0.4, 0.5) is 10.2 Å². The molecule has 2 aromatic rings. The van der Waals surface area contributed by atoms with Crippen molar-refractivity contribution in [3.8, 4) is 17.1 Å². The number of nitrogens with zero attached hydrogens (tertiary/aromatic N) is 3. The Morgan fingerprint density at radius 2 is 2.08 bits per heavy atom. The molecule has 0 atom stereocenters. The van der Waals surface area contributed by atoms with Crippen LogP contribution in [-0.2, 0) is 0 Å². The van der Waals surface area contributed by atoms with Crippen LogP contribution in [0.2, 0.25) is 0 Å². The normalized spacial score (nSPS) is 13.6. The zero-order valence-electron chi connectivity index (χ0n) is 14.9. The Kier molecular flexibility index (Phi) is 4.65. The Balaban J connectivity index is 2.03. The van der Waals surface area contributed by atoms with Crippen molar-refractivity contribution in [2.24, 2.45) is 5.92 Å². The molecule has 1 amide bonds. The lowest BCUT2D eigenvalue weighted by molar-refractivity contribution is 0.0789. The van der Waals surface area contributed by atoms with E-state index in [4.69, 9.17) is 9.26 Å². The topological polar surface area (TPSA) is 58.8 Å². The van der Waals surface area contributed by atoms with Gasteiger partial charge in [-0.25, -0.2) is 4.39 Å². The molecule has 1 aliphatic carbocycles. The molecule has 6 nitrogen and oxygen atoms in total. The highest BCUT2D eigenvalue weighted by Gasteiger charge is 2.31. The lowest BCUT2D eigenvalue weighted by Crippen LogP contribution is -2.30. The summed E-state index contributed by atoms with van der Waals surface area (Å²) in [5.74, 6) is 0.795. The smallest absolute Gasteiger partial charge is 0.261 e. The van der Waals surface area contributed by atoms with Gasteiger partial charge in [0.05, 0.1) is 7.11 Å². The molecule has 1 aromatic carbocycles. The van der Waals surface area contributed by atoms with Gasteiger partial charge in [-0.3, -0.25) is 4.79 Å². The molecule has 1 fully saturated rings. The summed E-state index contributed by atoms with van der Waals surface area (Å²) >= 11 is 0. The zero-order valence-corrected chi connectivity index (χ0v) is 14.9. The molecule has 134 valence electrons. The second-order valence-electron chi connectivity index (χ2n) is 6.58. The van der Waals surface area contributed by atoms with Gasteiger partial charge in [0, 0.05) is 33.3 Å². The van der Waals surface area contributed by atoms with E-state index >= 15 is 0 Å². The summed E-state index contributed by atoms with van der Waals surface area (Å²) in [5.41, 5.74) is 0.920. The number of aromatic nitrogens is 1. The van der Waals surface area contributed by atoms with Crippen LogP contribution in [-0.4, -0.2) is 50.8 Å². The van der Waals surface area contributed by atoms with E-state index in [1.807, 2.05) is 0 Å². The SMILES string of the molecule is COc1cc(-c2onc(N(C)C)c2C(=O)N(C)CC2CC2)ccc1F. The summed E-state index contributed by atoms with van der Waals surface area (Å²) in [6.07, 6.45) is 2.31. The fourth-order valence-corrected chi connectivity index (χ4v) is 2.74. The van der Waals surface area contributed by atoms with Crippen molar-refractivity contribution in [1.29, 1.82) is 0 Å². The average Bonchev–Trinajstić information content (AvgIpc) is 3.28. The molecule has 1 aliphatic rings. The molecule has 1 saturated carbocycles. The number of hydrogen-bond donors (Lipinski definition) is 0. The molecule has 1 heterocycles. The number of rotatable bonds is 6. The zero-order chi connectivity index (χ0) is 18.1. The predicted octanol–water partition coefficient (Wildman–Crippen LogP) is 3.04. The number of amides is 1. The second-order valence-corrected chi connectivity index (χ2v) is 6.58. The van der Waals surface area contributed by atoms with Crippen LogP contribution in [0.25, 0.3) is 11.3 Å². The van der Waals surface area contributed by atoms with E-state index in [2.05, 4.69) is 5.16 Å². The maximum Gasteiger partial charge on any atom is 0.261 e. The van der Waals surface area contributed by atoms with Crippen molar-refractivity contribution in [3.63, 3.8) is 0 Å². The third-order valence-corrected chi connectivity index (χ3v) is 4.30. The summed E-state index contributed by atoms with van der Waals surface area (Å²) in [4.78, 5) is 16.4. The molecule has 0 spiro atoms. The van der Waals surface area contributed by atoms with Gasteiger partial charge in [-0.1, -0.05) is 5.16 Å². The molecule has 0 N–H and O–H groups in total. The number of carbonyl (C=O) groups is 1. The first-order valence-electron chi connectivity index (χ1n) is 8.18. The van der Waals surface area contributed by atoms with Crippen LogP contribution in [0.15, 0.2) is 22.7 Å². The van der Waals surface area contributed by atoms with Gasteiger partial charge < -0.3 is 19.1 Å². The van der Waals surface area contributed by atoms with Crippen LogP contribution in [0.1, 0.15) is 23.2 Å². The van der Waals surface area contributed by atoms with E-state index < -0.39 is 5.82 Å². The van der Waals surface area contributed by atoms with Gasteiger partial charge in [0.25, 0.3) is 5.91 Å². The third-order valence-electron chi connectivity index (χ3n) is 4.30. The van der Waals surface area contributed by atoms with E-state index in [-0.39, 0.29) is 11.7 Å². The number of methoxy groups -OCH3 is 1. The van der Waals surface area contributed by atoms with Crippen molar-refractivity contribution in [1.82, 2.24) is 10.1 Å². The minimum atomic E-state index is -0.475. The van der Waals surface area contributed by atoms with Crippen molar-refractivity contribution in [2.75, 3.05) is 39.7 Å². The number of carbonyl (C=O) groups excluding carboxylic acids is 1. The van der Waals surface area contributed by atoms with Crippen LogP contribution >= 0.6 is 0 Å². The van der Waals surface area contributed by atoms with Gasteiger partial charge in [-0.15, -0.1) is 0 Å². The van der Waals surface area contributed by atoms with E-state index in [1.165, 1.54) is 19.2 Å². The molecule has 0 unspecified atom stereocenters. The monoisotopic (exact) mass is 347 g/mol. The summed E-state index contributed by atoms with van der Waals surface area (Å²) in [6, 6.07) is 4.34. The fourth-order valence-electron chi connectivity index (χ4n) is 2.74. The number of hydrogen-bond acceptors (Lipinski definition) is 5. The Hall–Kier alpha value is -2.57. The molecule has 25 heavy (non-hydrogen) atoms. The van der Waals surface area contributed by atoms with E-state index in [1.54, 1.807) is 37.0 Å². The van der Waals surface area contributed by atoms with Crippen molar-refractivity contribution in [2.45, 2.75) is 12.8 Å². The summed E-state index contributed by atoms with van der Waals surface area (Å²) in [5, 5.41) is 4.04. The molecule has 1 aromatic heterocycles. The fraction of sp³-hybridized carbons (Fsp3) is 0.444. The van der Waals surface area contributed by atoms with Gasteiger partial charge in [0.2, 0.25) is 0 Å². The lowest BCUT2D eigenvalue weighted by Gasteiger charge is -2.18. The summed E-state index contributed by atoms with van der Waals surface area (Å²) in [6.45, 7) is 0.711. The molecule has 0 radical (unpaired) electrons. The van der Waals surface area contributed by atoms with Crippen LogP contribution in [0, 0.1) is 11.7 Å². The number of benzene rings is 1. The van der Waals surface area contributed by atoms with E-state index in [9.17, 15) is 9.18 Å². The largest absolute Gasteiger partial charge is 0.494 e.